The first-order chi connectivity index (χ1) is 12.6. The molecule has 2 aromatic carbocycles. The molecule has 0 unspecified atom stereocenters. The van der Waals surface area contributed by atoms with E-state index < -0.39 is 0 Å². The minimum Gasteiger partial charge on any atom is -0.423 e. The van der Waals surface area contributed by atoms with Gasteiger partial charge >= 0.3 is 5.63 Å². The zero-order valence-electron chi connectivity index (χ0n) is 15.0. The summed E-state index contributed by atoms with van der Waals surface area (Å²) >= 11 is 6.30. The highest BCUT2D eigenvalue weighted by atomic mass is 35.5. The molecule has 26 heavy (non-hydrogen) atoms. The molecule has 1 aromatic heterocycles. The molecule has 0 aliphatic rings. The Morgan fingerprint density at radius 2 is 1.88 bits per heavy atom. The van der Waals surface area contributed by atoms with E-state index in [2.05, 4.69) is 17.0 Å². The lowest BCUT2D eigenvalue weighted by molar-refractivity contribution is 0.140. The number of methoxy groups -OCH3 is 1. The first-order valence-corrected chi connectivity index (χ1v) is 8.92. The molecule has 0 spiro atoms. The van der Waals surface area contributed by atoms with Gasteiger partial charge in [-0.05, 0) is 35.7 Å². The molecular weight excluding hydrogens is 350 g/mol. The van der Waals surface area contributed by atoms with Crippen molar-refractivity contribution in [3.63, 3.8) is 0 Å². The maximum absolute atomic E-state index is 12.0. The largest absolute Gasteiger partial charge is 0.423 e. The van der Waals surface area contributed by atoms with Crippen molar-refractivity contribution in [2.45, 2.75) is 20.0 Å². The van der Waals surface area contributed by atoms with Gasteiger partial charge in [0, 0.05) is 43.2 Å². The number of fused-ring (bicyclic) bond motifs is 1. The normalized spacial score (nSPS) is 11.4. The quantitative estimate of drug-likeness (QED) is 0.577. The van der Waals surface area contributed by atoms with Crippen molar-refractivity contribution in [3.05, 3.63) is 80.7 Å². The second kappa shape index (κ2) is 8.49. The molecule has 3 aromatic rings. The number of aryl methyl sites for hydroxylation is 1. The highest BCUT2D eigenvalue weighted by Crippen LogP contribution is 2.26. The first kappa shape index (κ1) is 18.6. The number of nitrogens with zero attached hydrogens (tertiary/aromatic N) is 1. The zero-order valence-corrected chi connectivity index (χ0v) is 15.8. The fourth-order valence-electron chi connectivity index (χ4n) is 3.00. The molecular formula is C21H22ClNO3. The lowest BCUT2D eigenvalue weighted by atomic mass is 10.1. The van der Waals surface area contributed by atoms with Crippen LogP contribution in [-0.4, -0.2) is 25.2 Å². The van der Waals surface area contributed by atoms with E-state index in [1.807, 2.05) is 37.3 Å². The van der Waals surface area contributed by atoms with E-state index in [1.165, 1.54) is 5.56 Å². The van der Waals surface area contributed by atoms with Crippen LogP contribution in [0, 0.1) is 6.92 Å². The number of rotatable bonds is 7. The van der Waals surface area contributed by atoms with Crippen molar-refractivity contribution < 1.29 is 9.15 Å². The lowest BCUT2D eigenvalue weighted by Gasteiger charge is -2.23. The van der Waals surface area contributed by atoms with Crippen LogP contribution in [0.15, 0.2) is 57.7 Å². The smallest absolute Gasteiger partial charge is 0.336 e. The molecule has 4 nitrogen and oxygen atoms in total. The summed E-state index contributed by atoms with van der Waals surface area (Å²) in [6.45, 7) is 4.65. The molecule has 3 rings (SSSR count). The highest BCUT2D eigenvalue weighted by molar-refractivity contribution is 6.32. The monoisotopic (exact) mass is 371 g/mol. The Morgan fingerprint density at radius 3 is 2.62 bits per heavy atom. The third kappa shape index (κ3) is 4.52. The lowest BCUT2D eigenvalue weighted by Crippen LogP contribution is -2.27. The van der Waals surface area contributed by atoms with Crippen molar-refractivity contribution in [1.82, 2.24) is 4.90 Å². The zero-order chi connectivity index (χ0) is 18.5. The van der Waals surface area contributed by atoms with Crippen LogP contribution in [0.3, 0.4) is 0 Å². The van der Waals surface area contributed by atoms with Crippen molar-refractivity contribution in [3.8, 4) is 0 Å². The van der Waals surface area contributed by atoms with Gasteiger partial charge in [0.25, 0.3) is 0 Å². The van der Waals surface area contributed by atoms with Gasteiger partial charge in [0.05, 0.1) is 6.61 Å². The summed E-state index contributed by atoms with van der Waals surface area (Å²) in [6.07, 6.45) is 0. The van der Waals surface area contributed by atoms with Gasteiger partial charge < -0.3 is 9.15 Å². The molecule has 0 saturated heterocycles. The second-order valence-corrected chi connectivity index (χ2v) is 6.78. The number of ether oxygens (including phenoxy) is 1. The van der Waals surface area contributed by atoms with Crippen LogP contribution in [0.25, 0.3) is 11.0 Å². The molecule has 0 saturated carbocycles. The first-order valence-electron chi connectivity index (χ1n) is 8.55. The van der Waals surface area contributed by atoms with Gasteiger partial charge in [0.2, 0.25) is 0 Å². The standard InChI is InChI=1S/C21H22ClNO3/c1-15-10-20-18(12-19(15)22)17(11-21(24)26-20)14-23(8-9-25-2)13-16-6-4-3-5-7-16/h3-7,10-12H,8-9,13-14H2,1-2H3. The summed E-state index contributed by atoms with van der Waals surface area (Å²) < 4.78 is 10.6. The molecule has 0 atom stereocenters. The van der Waals surface area contributed by atoms with Gasteiger partial charge in [-0.25, -0.2) is 4.79 Å². The van der Waals surface area contributed by atoms with Gasteiger partial charge in [-0.2, -0.15) is 0 Å². The van der Waals surface area contributed by atoms with E-state index in [9.17, 15) is 4.79 Å². The van der Waals surface area contributed by atoms with E-state index in [-0.39, 0.29) is 5.63 Å². The molecule has 5 heteroatoms. The average Bonchev–Trinajstić information content (AvgIpc) is 2.62. The summed E-state index contributed by atoms with van der Waals surface area (Å²) in [6, 6.07) is 15.5. The molecule has 0 radical (unpaired) electrons. The second-order valence-electron chi connectivity index (χ2n) is 6.38. The molecule has 0 fully saturated rings. The van der Waals surface area contributed by atoms with Crippen LogP contribution in [0.1, 0.15) is 16.7 Å². The molecule has 0 aliphatic heterocycles. The van der Waals surface area contributed by atoms with Gasteiger partial charge in [-0.1, -0.05) is 41.9 Å². The van der Waals surface area contributed by atoms with Crippen molar-refractivity contribution in [2.75, 3.05) is 20.3 Å². The Hall–Kier alpha value is -2.14. The predicted molar refractivity (Wildman–Crippen MR) is 105 cm³/mol. The third-order valence-electron chi connectivity index (χ3n) is 4.36. The maximum Gasteiger partial charge on any atom is 0.336 e. The van der Waals surface area contributed by atoms with Gasteiger partial charge in [0.1, 0.15) is 5.58 Å². The molecule has 0 N–H and O–H groups in total. The summed E-state index contributed by atoms with van der Waals surface area (Å²) in [7, 11) is 1.69. The molecule has 136 valence electrons. The Labute approximate surface area is 158 Å². The summed E-state index contributed by atoms with van der Waals surface area (Å²) in [5, 5.41) is 1.54. The van der Waals surface area contributed by atoms with E-state index in [0.717, 1.165) is 29.6 Å². The van der Waals surface area contributed by atoms with Crippen LogP contribution >= 0.6 is 11.6 Å². The highest BCUT2D eigenvalue weighted by Gasteiger charge is 2.13. The summed E-state index contributed by atoms with van der Waals surface area (Å²) in [5.41, 5.74) is 3.23. The van der Waals surface area contributed by atoms with Crippen LogP contribution in [0.2, 0.25) is 5.02 Å². The number of hydrogen-bond donors (Lipinski definition) is 0. The SMILES string of the molecule is COCCN(Cc1ccccc1)Cc1cc(=O)oc2cc(C)c(Cl)cc12. The molecule has 0 amide bonds. The van der Waals surface area contributed by atoms with E-state index in [0.29, 0.717) is 23.8 Å². The van der Waals surface area contributed by atoms with E-state index in [4.69, 9.17) is 20.8 Å². The maximum atomic E-state index is 12.0. The molecule has 0 bridgehead atoms. The number of halogens is 1. The van der Waals surface area contributed by atoms with Gasteiger partial charge in [-0.3, -0.25) is 4.90 Å². The Balaban J connectivity index is 1.94. The van der Waals surface area contributed by atoms with Crippen molar-refractivity contribution in [1.29, 1.82) is 0 Å². The van der Waals surface area contributed by atoms with Gasteiger partial charge in [-0.15, -0.1) is 0 Å². The van der Waals surface area contributed by atoms with E-state index >= 15 is 0 Å². The summed E-state index contributed by atoms with van der Waals surface area (Å²) in [4.78, 5) is 14.3. The predicted octanol–water partition coefficient (Wildman–Crippen LogP) is 4.40. The third-order valence-corrected chi connectivity index (χ3v) is 4.77. The summed E-state index contributed by atoms with van der Waals surface area (Å²) in [5.74, 6) is 0. The Kier molecular flexibility index (Phi) is 6.09. The Bertz CT molecular complexity index is 937. The van der Waals surface area contributed by atoms with Crippen LogP contribution < -0.4 is 5.63 Å². The Morgan fingerprint density at radius 1 is 1.12 bits per heavy atom. The number of hydrogen-bond acceptors (Lipinski definition) is 4. The minimum absolute atomic E-state index is 0.347. The van der Waals surface area contributed by atoms with Crippen molar-refractivity contribution in [2.24, 2.45) is 0 Å². The van der Waals surface area contributed by atoms with Crippen LogP contribution in [0.5, 0.6) is 0 Å². The van der Waals surface area contributed by atoms with Crippen molar-refractivity contribution >= 4 is 22.6 Å². The molecule has 0 aliphatic carbocycles. The fourth-order valence-corrected chi connectivity index (χ4v) is 3.16. The van der Waals surface area contributed by atoms with E-state index in [1.54, 1.807) is 13.2 Å². The molecule has 1 heterocycles. The topological polar surface area (TPSA) is 42.7 Å². The minimum atomic E-state index is -0.347. The fraction of sp³-hybridized carbons (Fsp3) is 0.286. The van der Waals surface area contributed by atoms with Gasteiger partial charge in [0.15, 0.2) is 0 Å². The average molecular weight is 372 g/mol. The van der Waals surface area contributed by atoms with Crippen LogP contribution in [-0.2, 0) is 17.8 Å². The number of benzene rings is 2. The van der Waals surface area contributed by atoms with Crippen LogP contribution in [0.4, 0.5) is 0 Å².